The summed E-state index contributed by atoms with van der Waals surface area (Å²) in [5, 5.41) is 0. The highest BCUT2D eigenvalue weighted by atomic mass is 79.9. The number of rotatable bonds is 3. The summed E-state index contributed by atoms with van der Waals surface area (Å²) in [6.07, 6.45) is 1.09. The topological polar surface area (TPSA) is 9.23 Å². The smallest absolute Gasteiger partial charge is 0.0472 e. The third-order valence-corrected chi connectivity index (χ3v) is 1.18. The fourth-order valence-corrected chi connectivity index (χ4v) is 0.467. The van der Waals surface area contributed by atoms with E-state index in [2.05, 4.69) is 22.9 Å². The van der Waals surface area contributed by atoms with Gasteiger partial charge in [-0.3, -0.25) is 0 Å². The molecule has 0 rings (SSSR count). The number of hydrogen-bond acceptors (Lipinski definition) is 1. The van der Waals surface area contributed by atoms with Gasteiger partial charge in [0, 0.05) is 18.5 Å². The molecule has 0 aromatic carbocycles. The standard InChI is InChI=1S/C5H11BrO/c1-5(6)3-4-7-2/h5H,3-4H2,1-2H3/t5-/m1/s1. The predicted molar refractivity (Wildman–Crippen MR) is 34.9 cm³/mol. The summed E-state index contributed by atoms with van der Waals surface area (Å²) in [5.41, 5.74) is 0. The monoisotopic (exact) mass is 166 g/mol. The van der Waals surface area contributed by atoms with Gasteiger partial charge in [0.1, 0.15) is 0 Å². The summed E-state index contributed by atoms with van der Waals surface area (Å²) in [6.45, 7) is 2.96. The molecule has 0 aliphatic carbocycles. The van der Waals surface area contributed by atoms with Gasteiger partial charge in [-0.05, 0) is 6.42 Å². The van der Waals surface area contributed by atoms with E-state index in [-0.39, 0.29) is 0 Å². The van der Waals surface area contributed by atoms with Crippen LogP contribution in [0.3, 0.4) is 0 Å². The van der Waals surface area contributed by atoms with E-state index in [9.17, 15) is 0 Å². The minimum atomic E-state index is 0.590. The van der Waals surface area contributed by atoms with Gasteiger partial charge in [0.25, 0.3) is 0 Å². The molecule has 1 atom stereocenters. The fourth-order valence-electron chi connectivity index (χ4n) is 0.280. The molecular formula is C5H11BrO. The molecule has 0 radical (unpaired) electrons. The van der Waals surface area contributed by atoms with Crippen LogP contribution in [0.1, 0.15) is 13.3 Å². The summed E-state index contributed by atoms with van der Waals surface area (Å²) >= 11 is 3.40. The zero-order valence-corrected chi connectivity index (χ0v) is 6.36. The maximum atomic E-state index is 4.82. The van der Waals surface area contributed by atoms with E-state index in [4.69, 9.17) is 4.74 Å². The Bertz CT molecular complexity index is 37.1. The maximum Gasteiger partial charge on any atom is 0.0472 e. The van der Waals surface area contributed by atoms with Crippen molar-refractivity contribution in [3.05, 3.63) is 0 Å². The van der Waals surface area contributed by atoms with Gasteiger partial charge < -0.3 is 4.74 Å². The SMILES string of the molecule is COCC[C@@H](C)Br. The fraction of sp³-hybridized carbons (Fsp3) is 1.00. The van der Waals surface area contributed by atoms with Gasteiger partial charge in [-0.15, -0.1) is 0 Å². The minimum Gasteiger partial charge on any atom is -0.385 e. The van der Waals surface area contributed by atoms with Gasteiger partial charge in [0.15, 0.2) is 0 Å². The summed E-state index contributed by atoms with van der Waals surface area (Å²) in [6, 6.07) is 0. The number of halogens is 1. The first-order chi connectivity index (χ1) is 3.27. The molecule has 44 valence electrons. The molecule has 0 fully saturated rings. The molecule has 0 amide bonds. The van der Waals surface area contributed by atoms with E-state index in [1.54, 1.807) is 7.11 Å². The highest BCUT2D eigenvalue weighted by molar-refractivity contribution is 9.09. The van der Waals surface area contributed by atoms with Crippen LogP contribution in [0.25, 0.3) is 0 Å². The molecule has 0 heterocycles. The van der Waals surface area contributed by atoms with Crippen LogP contribution in [0.4, 0.5) is 0 Å². The summed E-state index contributed by atoms with van der Waals surface area (Å²) in [7, 11) is 1.72. The zero-order valence-electron chi connectivity index (χ0n) is 4.78. The second-order valence-electron chi connectivity index (χ2n) is 1.56. The molecule has 0 aliphatic heterocycles. The molecule has 0 aromatic rings. The molecule has 0 saturated heterocycles. The zero-order chi connectivity index (χ0) is 5.70. The van der Waals surface area contributed by atoms with Crippen molar-refractivity contribution in [3.63, 3.8) is 0 Å². The predicted octanol–water partition coefficient (Wildman–Crippen LogP) is 1.81. The van der Waals surface area contributed by atoms with Crippen LogP contribution in [0.15, 0.2) is 0 Å². The van der Waals surface area contributed by atoms with Crippen LogP contribution in [-0.2, 0) is 4.74 Å². The number of methoxy groups -OCH3 is 1. The summed E-state index contributed by atoms with van der Waals surface area (Å²) in [4.78, 5) is 0.590. The quantitative estimate of drug-likeness (QED) is 0.582. The van der Waals surface area contributed by atoms with Crippen LogP contribution in [0.5, 0.6) is 0 Å². The highest BCUT2D eigenvalue weighted by Crippen LogP contribution is 2.01. The number of ether oxygens (including phenoxy) is 1. The molecule has 0 N–H and O–H groups in total. The molecule has 1 nitrogen and oxygen atoms in total. The van der Waals surface area contributed by atoms with Crippen LogP contribution in [0, 0.1) is 0 Å². The second kappa shape index (κ2) is 4.60. The Morgan fingerprint density at radius 3 is 2.43 bits per heavy atom. The normalized spacial score (nSPS) is 14.1. The molecule has 7 heavy (non-hydrogen) atoms. The Hall–Kier alpha value is 0.440. The van der Waals surface area contributed by atoms with Gasteiger partial charge >= 0.3 is 0 Å². The Balaban J connectivity index is 2.68. The lowest BCUT2D eigenvalue weighted by Crippen LogP contribution is -1.95. The third-order valence-electron chi connectivity index (χ3n) is 0.720. The molecule has 0 unspecified atom stereocenters. The van der Waals surface area contributed by atoms with Crippen molar-refractivity contribution in [2.24, 2.45) is 0 Å². The Kier molecular flexibility index (Phi) is 4.88. The van der Waals surface area contributed by atoms with E-state index in [0.717, 1.165) is 13.0 Å². The van der Waals surface area contributed by atoms with E-state index in [1.807, 2.05) is 0 Å². The average molecular weight is 167 g/mol. The summed E-state index contributed by atoms with van der Waals surface area (Å²) < 4.78 is 4.82. The Morgan fingerprint density at radius 1 is 1.71 bits per heavy atom. The van der Waals surface area contributed by atoms with E-state index in [1.165, 1.54) is 0 Å². The molecule has 0 bridgehead atoms. The number of hydrogen-bond donors (Lipinski definition) is 0. The first-order valence-corrected chi connectivity index (χ1v) is 3.32. The van der Waals surface area contributed by atoms with Crippen LogP contribution in [-0.4, -0.2) is 18.5 Å². The van der Waals surface area contributed by atoms with E-state index < -0.39 is 0 Å². The van der Waals surface area contributed by atoms with Crippen molar-refractivity contribution in [2.45, 2.75) is 18.2 Å². The lowest BCUT2D eigenvalue weighted by Gasteiger charge is -1.98. The molecule has 0 saturated carbocycles. The van der Waals surface area contributed by atoms with Crippen molar-refractivity contribution >= 4 is 15.9 Å². The Labute approximate surface area is 53.2 Å². The van der Waals surface area contributed by atoms with Crippen LogP contribution in [0.2, 0.25) is 0 Å². The van der Waals surface area contributed by atoms with Crippen molar-refractivity contribution in [1.29, 1.82) is 0 Å². The van der Waals surface area contributed by atoms with E-state index >= 15 is 0 Å². The summed E-state index contributed by atoms with van der Waals surface area (Å²) in [5.74, 6) is 0. The first kappa shape index (κ1) is 7.44. The van der Waals surface area contributed by atoms with Crippen molar-refractivity contribution in [3.8, 4) is 0 Å². The Morgan fingerprint density at radius 2 is 2.29 bits per heavy atom. The second-order valence-corrected chi connectivity index (χ2v) is 3.13. The largest absolute Gasteiger partial charge is 0.385 e. The molecule has 0 aromatic heterocycles. The molecule has 2 heteroatoms. The van der Waals surface area contributed by atoms with Crippen LogP contribution >= 0.6 is 15.9 Å². The van der Waals surface area contributed by atoms with Gasteiger partial charge in [-0.25, -0.2) is 0 Å². The van der Waals surface area contributed by atoms with E-state index in [0.29, 0.717) is 4.83 Å². The maximum absolute atomic E-state index is 4.82. The molecule has 0 spiro atoms. The molecular weight excluding hydrogens is 156 g/mol. The lowest BCUT2D eigenvalue weighted by molar-refractivity contribution is 0.196. The van der Waals surface area contributed by atoms with Crippen molar-refractivity contribution in [1.82, 2.24) is 0 Å². The van der Waals surface area contributed by atoms with Gasteiger partial charge in [0.05, 0.1) is 0 Å². The van der Waals surface area contributed by atoms with Gasteiger partial charge in [-0.1, -0.05) is 22.9 Å². The highest BCUT2D eigenvalue weighted by Gasteiger charge is 1.91. The minimum absolute atomic E-state index is 0.590. The lowest BCUT2D eigenvalue weighted by atomic mass is 10.4. The molecule has 0 aliphatic rings. The first-order valence-electron chi connectivity index (χ1n) is 2.40. The third kappa shape index (κ3) is 6.44. The van der Waals surface area contributed by atoms with Gasteiger partial charge in [0.2, 0.25) is 0 Å². The number of alkyl halides is 1. The van der Waals surface area contributed by atoms with Crippen molar-refractivity contribution in [2.75, 3.05) is 13.7 Å². The van der Waals surface area contributed by atoms with Crippen molar-refractivity contribution < 1.29 is 4.74 Å². The average Bonchev–Trinajstić information content (AvgIpc) is 1.61. The van der Waals surface area contributed by atoms with Crippen LogP contribution < -0.4 is 0 Å². The van der Waals surface area contributed by atoms with Gasteiger partial charge in [-0.2, -0.15) is 0 Å².